The van der Waals surface area contributed by atoms with Gasteiger partial charge in [0.25, 0.3) is 5.91 Å². The van der Waals surface area contributed by atoms with E-state index in [9.17, 15) is 9.59 Å². The zero-order chi connectivity index (χ0) is 21.9. The van der Waals surface area contributed by atoms with Gasteiger partial charge in [-0.2, -0.15) is 5.10 Å². The summed E-state index contributed by atoms with van der Waals surface area (Å²) in [4.78, 5) is 24.2. The molecule has 0 aliphatic carbocycles. The monoisotopic (exact) mass is 414 g/mol. The minimum atomic E-state index is -0.746. The van der Waals surface area contributed by atoms with Crippen molar-refractivity contribution in [2.75, 3.05) is 7.11 Å². The molecule has 1 atom stereocenters. The van der Waals surface area contributed by atoms with Gasteiger partial charge in [0, 0.05) is 13.2 Å². The number of benzene rings is 3. The third-order valence-electron chi connectivity index (χ3n) is 4.27. The summed E-state index contributed by atoms with van der Waals surface area (Å²) < 4.78 is 10.5. The molecular weight excluding hydrogens is 392 g/mol. The summed E-state index contributed by atoms with van der Waals surface area (Å²) in [6.45, 7) is 0. The summed E-state index contributed by atoms with van der Waals surface area (Å²) in [5, 5.41) is 3.97. The van der Waals surface area contributed by atoms with Crippen molar-refractivity contribution in [3.8, 4) is 5.75 Å². The zero-order valence-corrected chi connectivity index (χ0v) is 17.0. The van der Waals surface area contributed by atoms with Gasteiger partial charge in [-0.15, -0.1) is 0 Å². The predicted octanol–water partition coefficient (Wildman–Crippen LogP) is 4.14. The summed E-state index contributed by atoms with van der Waals surface area (Å²) in [6.07, 6.45) is 3.81. The summed E-state index contributed by atoms with van der Waals surface area (Å²) in [6, 6.07) is 25.4. The van der Waals surface area contributed by atoms with Crippen molar-refractivity contribution in [3.05, 3.63) is 108 Å². The number of rotatable bonds is 8. The van der Waals surface area contributed by atoms with Crippen molar-refractivity contribution in [2.24, 2.45) is 5.10 Å². The first-order valence-electron chi connectivity index (χ1n) is 9.61. The Balaban J connectivity index is 1.51. The van der Waals surface area contributed by atoms with Crippen LogP contribution in [0.15, 0.2) is 96.1 Å². The van der Waals surface area contributed by atoms with Gasteiger partial charge in [0.05, 0.1) is 6.21 Å². The molecule has 0 bridgehead atoms. The van der Waals surface area contributed by atoms with Crippen LogP contribution >= 0.6 is 0 Å². The molecule has 3 aromatic rings. The highest BCUT2D eigenvalue weighted by Gasteiger charge is 2.19. The number of carbonyl (C=O) groups is 2. The molecule has 156 valence electrons. The summed E-state index contributed by atoms with van der Waals surface area (Å²) in [7, 11) is 1.47. The van der Waals surface area contributed by atoms with Crippen molar-refractivity contribution in [3.63, 3.8) is 0 Å². The van der Waals surface area contributed by atoms with Gasteiger partial charge in [-0.3, -0.25) is 4.79 Å². The fraction of sp³-hybridized carbons (Fsp3) is 0.0800. The third kappa shape index (κ3) is 6.76. The van der Waals surface area contributed by atoms with Gasteiger partial charge >= 0.3 is 5.97 Å². The topological polar surface area (TPSA) is 77.0 Å². The number of esters is 1. The van der Waals surface area contributed by atoms with Crippen LogP contribution in [0.25, 0.3) is 6.08 Å². The molecule has 0 fully saturated rings. The average Bonchev–Trinajstić information content (AvgIpc) is 2.81. The normalized spacial score (nSPS) is 12.0. The molecule has 0 heterocycles. The number of hydrazone groups is 1. The fourth-order valence-corrected chi connectivity index (χ4v) is 2.75. The molecule has 0 aromatic heterocycles. The van der Waals surface area contributed by atoms with Crippen LogP contribution in [0, 0.1) is 0 Å². The van der Waals surface area contributed by atoms with Crippen LogP contribution in [0.3, 0.4) is 0 Å². The Kier molecular flexibility index (Phi) is 7.85. The van der Waals surface area contributed by atoms with E-state index in [0.717, 1.165) is 16.7 Å². The maximum Gasteiger partial charge on any atom is 0.336 e. The molecule has 0 aliphatic heterocycles. The van der Waals surface area contributed by atoms with E-state index in [1.807, 2.05) is 60.7 Å². The Bertz CT molecular complexity index is 1050. The molecule has 0 saturated heterocycles. The van der Waals surface area contributed by atoms with Crippen molar-refractivity contribution >= 4 is 24.2 Å². The van der Waals surface area contributed by atoms with Crippen molar-refractivity contribution < 1.29 is 19.1 Å². The van der Waals surface area contributed by atoms with Gasteiger partial charge < -0.3 is 9.47 Å². The number of nitrogens with one attached hydrogen (secondary N) is 1. The summed E-state index contributed by atoms with van der Waals surface area (Å²) in [5.41, 5.74) is 4.85. The molecule has 0 radical (unpaired) electrons. The second-order valence-electron chi connectivity index (χ2n) is 6.49. The van der Waals surface area contributed by atoms with E-state index in [-0.39, 0.29) is 5.91 Å². The van der Waals surface area contributed by atoms with Crippen LogP contribution in [0.5, 0.6) is 5.75 Å². The minimum absolute atomic E-state index is 0.374. The van der Waals surface area contributed by atoms with E-state index in [1.165, 1.54) is 19.4 Å². The van der Waals surface area contributed by atoms with Gasteiger partial charge in [-0.1, -0.05) is 60.7 Å². The number of hydrogen-bond acceptors (Lipinski definition) is 5. The molecule has 0 spiro atoms. The van der Waals surface area contributed by atoms with Gasteiger partial charge in [0.2, 0.25) is 0 Å². The highest BCUT2D eigenvalue weighted by molar-refractivity contribution is 5.89. The number of nitrogens with zero attached hydrogens (tertiary/aromatic N) is 1. The number of ether oxygens (including phenoxy) is 2. The maximum absolute atomic E-state index is 12.3. The molecule has 1 amide bonds. The Morgan fingerprint density at radius 1 is 0.871 bits per heavy atom. The third-order valence-corrected chi connectivity index (χ3v) is 4.27. The largest absolute Gasteiger partial charge is 0.423 e. The van der Waals surface area contributed by atoms with Crippen molar-refractivity contribution in [1.29, 1.82) is 0 Å². The lowest BCUT2D eigenvalue weighted by Gasteiger charge is -2.13. The zero-order valence-electron chi connectivity index (χ0n) is 17.0. The maximum atomic E-state index is 12.3. The smallest absolute Gasteiger partial charge is 0.336 e. The second kappa shape index (κ2) is 11.2. The Morgan fingerprint density at radius 2 is 1.52 bits per heavy atom. The second-order valence-corrected chi connectivity index (χ2v) is 6.49. The van der Waals surface area contributed by atoms with Crippen LogP contribution in [-0.2, 0) is 14.3 Å². The molecule has 6 nitrogen and oxygen atoms in total. The average molecular weight is 414 g/mol. The highest BCUT2D eigenvalue weighted by atomic mass is 16.5. The standard InChI is InChI=1S/C25H22N2O4/c1-30-24(21-10-6-3-7-11-21)25(29)27-26-18-20-12-15-22(16-13-20)31-23(28)17-14-19-8-4-2-5-9-19/h2-18,24H,1H3,(H,27,29). The lowest BCUT2D eigenvalue weighted by atomic mass is 10.1. The number of carbonyl (C=O) groups excluding carboxylic acids is 2. The molecule has 3 aromatic carbocycles. The molecule has 6 heteroatoms. The van der Waals surface area contributed by atoms with Crippen LogP contribution in [0.2, 0.25) is 0 Å². The first-order valence-corrected chi connectivity index (χ1v) is 9.61. The molecule has 0 saturated carbocycles. The minimum Gasteiger partial charge on any atom is -0.423 e. The van der Waals surface area contributed by atoms with E-state index in [4.69, 9.17) is 9.47 Å². The Morgan fingerprint density at radius 3 is 2.16 bits per heavy atom. The van der Waals surface area contributed by atoms with E-state index in [1.54, 1.807) is 30.3 Å². The van der Waals surface area contributed by atoms with Crippen LogP contribution in [-0.4, -0.2) is 25.2 Å². The Hall–Kier alpha value is -4.03. The predicted molar refractivity (Wildman–Crippen MR) is 119 cm³/mol. The number of hydrogen-bond donors (Lipinski definition) is 1. The van der Waals surface area contributed by atoms with Crippen LogP contribution in [0.4, 0.5) is 0 Å². The molecule has 3 rings (SSSR count). The van der Waals surface area contributed by atoms with E-state index >= 15 is 0 Å². The molecule has 31 heavy (non-hydrogen) atoms. The fourth-order valence-electron chi connectivity index (χ4n) is 2.75. The summed E-state index contributed by atoms with van der Waals surface area (Å²) >= 11 is 0. The van der Waals surface area contributed by atoms with E-state index in [2.05, 4.69) is 10.5 Å². The molecule has 1 unspecified atom stereocenters. The quantitative estimate of drug-likeness (QED) is 0.198. The van der Waals surface area contributed by atoms with Crippen LogP contribution in [0.1, 0.15) is 22.8 Å². The van der Waals surface area contributed by atoms with Crippen molar-refractivity contribution in [2.45, 2.75) is 6.10 Å². The Labute approximate surface area is 180 Å². The van der Waals surface area contributed by atoms with Crippen LogP contribution < -0.4 is 10.2 Å². The molecule has 1 N–H and O–H groups in total. The first-order chi connectivity index (χ1) is 15.2. The number of amides is 1. The first kappa shape index (κ1) is 21.7. The van der Waals surface area contributed by atoms with Gasteiger partial charge in [0.1, 0.15) is 5.75 Å². The lowest BCUT2D eigenvalue weighted by Crippen LogP contribution is -2.26. The molecule has 0 aliphatic rings. The van der Waals surface area contributed by atoms with Gasteiger partial charge in [-0.25, -0.2) is 10.2 Å². The van der Waals surface area contributed by atoms with Gasteiger partial charge in [-0.05, 0) is 47.0 Å². The lowest BCUT2D eigenvalue weighted by molar-refractivity contribution is -0.131. The highest BCUT2D eigenvalue weighted by Crippen LogP contribution is 2.16. The van der Waals surface area contributed by atoms with E-state index in [0.29, 0.717) is 5.75 Å². The van der Waals surface area contributed by atoms with E-state index < -0.39 is 12.1 Å². The molecular formula is C25H22N2O4. The number of methoxy groups -OCH3 is 1. The summed E-state index contributed by atoms with van der Waals surface area (Å²) in [5.74, 6) is -0.433. The van der Waals surface area contributed by atoms with Gasteiger partial charge in [0.15, 0.2) is 6.10 Å². The SMILES string of the molecule is COC(C(=O)NN=Cc1ccc(OC(=O)C=Cc2ccccc2)cc1)c1ccccc1. The van der Waals surface area contributed by atoms with Crippen molar-refractivity contribution in [1.82, 2.24) is 5.43 Å².